The third-order valence-corrected chi connectivity index (χ3v) is 4.80. The van der Waals surface area contributed by atoms with E-state index in [9.17, 15) is 19.2 Å². The fourth-order valence-electron chi connectivity index (χ4n) is 3.25. The fraction of sp³-hybridized carbons (Fsp3) is 0.182. The van der Waals surface area contributed by atoms with E-state index in [1.54, 1.807) is 6.92 Å². The van der Waals surface area contributed by atoms with Gasteiger partial charge in [0.15, 0.2) is 5.54 Å². The molecule has 2 aromatic rings. The second kappa shape index (κ2) is 8.31. The summed E-state index contributed by atoms with van der Waals surface area (Å²) >= 11 is 0. The number of benzene rings is 2. The number of anilines is 2. The van der Waals surface area contributed by atoms with Gasteiger partial charge in [0, 0.05) is 11.4 Å². The molecule has 0 saturated heterocycles. The van der Waals surface area contributed by atoms with Gasteiger partial charge in [-0.15, -0.1) is 0 Å². The molecule has 0 spiro atoms. The first-order valence-corrected chi connectivity index (χ1v) is 9.35. The van der Waals surface area contributed by atoms with Gasteiger partial charge in [-0.2, -0.15) is 0 Å². The van der Waals surface area contributed by atoms with Gasteiger partial charge in [0.05, 0.1) is 17.7 Å². The van der Waals surface area contributed by atoms with Crippen molar-refractivity contribution in [3.05, 3.63) is 71.4 Å². The summed E-state index contributed by atoms with van der Waals surface area (Å²) in [5.74, 6) is -3.36. The number of ether oxygens (including phenoxy) is 1. The summed E-state index contributed by atoms with van der Waals surface area (Å²) in [6, 6.07) is 11.3. The third-order valence-electron chi connectivity index (χ3n) is 4.80. The molecule has 31 heavy (non-hydrogen) atoms. The van der Waals surface area contributed by atoms with Crippen LogP contribution in [-0.4, -0.2) is 46.2 Å². The number of hydrogen-bond acceptors (Lipinski definition) is 6. The second-order valence-corrected chi connectivity index (χ2v) is 6.93. The Balaban J connectivity index is 1.97. The number of carboxylic acid groups (broad SMARTS) is 2. The zero-order chi connectivity index (χ0) is 22.8. The van der Waals surface area contributed by atoms with Gasteiger partial charge in [0.25, 0.3) is 5.91 Å². The molecule has 1 amide bonds. The van der Waals surface area contributed by atoms with Crippen LogP contribution >= 0.6 is 0 Å². The molecule has 0 aromatic heterocycles. The van der Waals surface area contributed by atoms with Crippen LogP contribution in [0.2, 0.25) is 0 Å². The van der Waals surface area contributed by atoms with Crippen LogP contribution in [-0.2, 0) is 14.3 Å². The molecule has 9 heteroatoms. The Labute approximate surface area is 177 Å². The van der Waals surface area contributed by atoms with E-state index >= 15 is 0 Å². The number of rotatable bonds is 7. The summed E-state index contributed by atoms with van der Waals surface area (Å²) in [6.07, 6.45) is 1.43. The van der Waals surface area contributed by atoms with Gasteiger partial charge in [-0.1, -0.05) is 0 Å². The smallest absolute Gasteiger partial charge is 0.336 e. The molecule has 1 atom stereocenters. The number of carbonyl (C=O) groups is 4. The lowest BCUT2D eigenvalue weighted by atomic mass is 10.0. The molecule has 3 rings (SSSR count). The molecule has 1 aliphatic rings. The fourth-order valence-corrected chi connectivity index (χ4v) is 3.25. The van der Waals surface area contributed by atoms with Crippen molar-refractivity contribution in [3.8, 4) is 0 Å². The van der Waals surface area contributed by atoms with Crippen LogP contribution in [0.15, 0.2) is 60.3 Å². The minimum absolute atomic E-state index is 0.0399. The Morgan fingerprint density at radius 1 is 0.968 bits per heavy atom. The largest absolute Gasteiger partial charge is 0.478 e. The minimum atomic E-state index is -1.47. The number of carboxylic acids is 2. The topological polar surface area (TPSA) is 133 Å². The van der Waals surface area contributed by atoms with E-state index in [1.165, 1.54) is 66.4 Å². The molecule has 9 nitrogen and oxygen atoms in total. The first-order valence-electron chi connectivity index (χ1n) is 9.35. The molecule has 0 bridgehead atoms. The van der Waals surface area contributed by atoms with Gasteiger partial charge < -0.3 is 20.3 Å². The predicted molar refractivity (Wildman–Crippen MR) is 111 cm³/mol. The lowest BCUT2D eigenvalue weighted by molar-refractivity contribution is -0.147. The molecular weight excluding hydrogens is 404 g/mol. The molecule has 1 heterocycles. The maximum Gasteiger partial charge on any atom is 0.336 e. The monoisotopic (exact) mass is 424 g/mol. The maximum atomic E-state index is 13.2. The van der Waals surface area contributed by atoms with E-state index < -0.39 is 29.4 Å². The summed E-state index contributed by atoms with van der Waals surface area (Å²) in [7, 11) is 0. The van der Waals surface area contributed by atoms with Gasteiger partial charge in [0.2, 0.25) is 0 Å². The summed E-state index contributed by atoms with van der Waals surface area (Å²) < 4.78 is 5.17. The van der Waals surface area contributed by atoms with Crippen molar-refractivity contribution in [1.82, 2.24) is 0 Å². The van der Waals surface area contributed by atoms with Gasteiger partial charge >= 0.3 is 17.9 Å². The summed E-state index contributed by atoms with van der Waals surface area (Å²) in [4.78, 5) is 49.3. The van der Waals surface area contributed by atoms with E-state index in [2.05, 4.69) is 5.32 Å². The van der Waals surface area contributed by atoms with E-state index in [0.717, 1.165) is 0 Å². The van der Waals surface area contributed by atoms with Gasteiger partial charge in [0.1, 0.15) is 5.70 Å². The highest BCUT2D eigenvalue weighted by Crippen LogP contribution is 2.35. The number of amides is 1. The Hall–Kier alpha value is -4.14. The van der Waals surface area contributed by atoms with Crippen molar-refractivity contribution in [2.45, 2.75) is 19.4 Å². The van der Waals surface area contributed by atoms with E-state index in [4.69, 9.17) is 14.9 Å². The highest BCUT2D eigenvalue weighted by Gasteiger charge is 2.49. The maximum absolute atomic E-state index is 13.2. The van der Waals surface area contributed by atoms with Gasteiger partial charge in [-0.05, 0) is 68.5 Å². The lowest BCUT2D eigenvalue weighted by Crippen LogP contribution is -2.51. The molecule has 0 fully saturated rings. The SMILES string of the molecule is CCOC(=O)[C@@]1(C)C=C(Nc2ccc(C(=O)O)cc2)C(=O)N1c1ccc(C(=O)O)cc1. The van der Waals surface area contributed by atoms with E-state index in [0.29, 0.717) is 11.4 Å². The molecule has 3 N–H and O–H groups in total. The molecule has 2 aromatic carbocycles. The molecule has 160 valence electrons. The van der Waals surface area contributed by atoms with Crippen LogP contribution in [0.1, 0.15) is 34.6 Å². The van der Waals surface area contributed by atoms with Crippen molar-refractivity contribution in [3.63, 3.8) is 0 Å². The van der Waals surface area contributed by atoms with Gasteiger partial charge in [-0.3, -0.25) is 9.69 Å². The first kappa shape index (κ1) is 21.6. The molecular formula is C22H20N2O7. The van der Waals surface area contributed by atoms with Crippen LogP contribution < -0.4 is 10.2 Å². The Morgan fingerprint density at radius 2 is 1.48 bits per heavy atom. The summed E-state index contributed by atoms with van der Waals surface area (Å²) in [5, 5.41) is 21.0. The number of esters is 1. The number of carbonyl (C=O) groups excluding carboxylic acids is 2. The van der Waals surface area contributed by atoms with Crippen molar-refractivity contribution >= 4 is 35.2 Å². The first-order chi connectivity index (χ1) is 14.7. The average Bonchev–Trinajstić information content (AvgIpc) is 2.99. The normalized spacial score (nSPS) is 17.8. The Kier molecular flexibility index (Phi) is 5.78. The Bertz CT molecular complexity index is 1070. The highest BCUT2D eigenvalue weighted by molar-refractivity contribution is 6.16. The number of nitrogens with one attached hydrogen (secondary N) is 1. The minimum Gasteiger partial charge on any atom is -0.478 e. The van der Waals surface area contributed by atoms with Crippen molar-refractivity contribution in [2.24, 2.45) is 0 Å². The van der Waals surface area contributed by atoms with Crippen LogP contribution in [0.3, 0.4) is 0 Å². The van der Waals surface area contributed by atoms with Crippen LogP contribution in [0.25, 0.3) is 0 Å². The molecule has 0 radical (unpaired) electrons. The average molecular weight is 424 g/mol. The molecule has 0 saturated carbocycles. The van der Waals surface area contributed by atoms with E-state index in [-0.39, 0.29) is 23.4 Å². The summed E-state index contributed by atoms with van der Waals surface area (Å²) in [5.41, 5.74) is -0.465. The standard InChI is InChI=1S/C22H20N2O7/c1-3-31-21(30)22(2)12-17(23-15-8-4-13(5-9-15)19(26)27)18(25)24(22)16-10-6-14(7-11-16)20(28)29/h4-12,23H,3H2,1-2H3,(H,26,27)(H,28,29)/t22-/m1/s1. The predicted octanol–water partition coefficient (Wildman–Crippen LogP) is 2.75. The van der Waals surface area contributed by atoms with E-state index in [1.807, 2.05) is 0 Å². The summed E-state index contributed by atoms with van der Waals surface area (Å²) in [6.45, 7) is 3.29. The zero-order valence-electron chi connectivity index (χ0n) is 16.8. The van der Waals surface area contributed by atoms with Crippen molar-refractivity contribution < 1.29 is 34.1 Å². The van der Waals surface area contributed by atoms with Crippen LogP contribution in [0, 0.1) is 0 Å². The third kappa shape index (κ3) is 4.11. The zero-order valence-corrected chi connectivity index (χ0v) is 16.8. The van der Waals surface area contributed by atoms with Gasteiger partial charge in [-0.25, -0.2) is 14.4 Å². The molecule has 0 unspecified atom stereocenters. The van der Waals surface area contributed by atoms with Crippen LogP contribution in [0.5, 0.6) is 0 Å². The van der Waals surface area contributed by atoms with Crippen molar-refractivity contribution in [2.75, 3.05) is 16.8 Å². The van der Waals surface area contributed by atoms with Crippen molar-refractivity contribution in [1.29, 1.82) is 0 Å². The highest BCUT2D eigenvalue weighted by atomic mass is 16.5. The lowest BCUT2D eigenvalue weighted by Gasteiger charge is -2.32. The van der Waals surface area contributed by atoms with Crippen LogP contribution in [0.4, 0.5) is 11.4 Å². The number of aromatic carboxylic acids is 2. The second-order valence-electron chi connectivity index (χ2n) is 6.93. The number of hydrogen-bond donors (Lipinski definition) is 3. The Morgan fingerprint density at radius 3 is 1.97 bits per heavy atom. The molecule has 0 aliphatic carbocycles. The molecule has 1 aliphatic heterocycles. The number of nitrogens with zero attached hydrogens (tertiary/aromatic N) is 1. The quantitative estimate of drug-likeness (QED) is 0.578.